The Labute approximate surface area is 216 Å². The van der Waals surface area contributed by atoms with Crippen LogP contribution in [0.3, 0.4) is 0 Å². The van der Waals surface area contributed by atoms with Crippen molar-refractivity contribution in [2.24, 2.45) is 5.92 Å². The van der Waals surface area contributed by atoms with Crippen molar-refractivity contribution >= 4 is 6.08 Å². The van der Waals surface area contributed by atoms with E-state index in [1.807, 2.05) is 13.0 Å². The van der Waals surface area contributed by atoms with Crippen LogP contribution in [0.2, 0.25) is 0 Å². The van der Waals surface area contributed by atoms with Crippen molar-refractivity contribution in [1.82, 2.24) is 9.80 Å². The van der Waals surface area contributed by atoms with Crippen LogP contribution in [-0.2, 0) is 4.74 Å². The molecule has 3 rings (SSSR count). The lowest BCUT2D eigenvalue weighted by Crippen LogP contribution is -2.46. The van der Waals surface area contributed by atoms with Crippen molar-refractivity contribution in [3.8, 4) is 12.3 Å². The van der Waals surface area contributed by atoms with Crippen molar-refractivity contribution in [3.05, 3.63) is 65.8 Å². The number of hydrogen-bond donors (Lipinski definition) is 0. The van der Waals surface area contributed by atoms with Gasteiger partial charge in [0.25, 0.3) is 0 Å². The third-order valence-corrected chi connectivity index (χ3v) is 6.29. The van der Waals surface area contributed by atoms with Crippen LogP contribution < -0.4 is 0 Å². The first kappa shape index (κ1) is 31.7. The molecule has 0 N–H and O–H groups in total. The summed E-state index contributed by atoms with van der Waals surface area (Å²) in [5.41, 5.74) is 4.66. The highest BCUT2D eigenvalue weighted by molar-refractivity contribution is 5.46. The molecule has 0 spiro atoms. The largest absolute Gasteiger partial charge is 0.386 e. The molecular weight excluding hydrogens is 461 g/mol. The molecule has 1 aromatic rings. The SMILES string of the molecule is C#C/C(C)=C\C(=C)C1CCN(CCN2CCOCC2)C(C)C1.C=Cc1ccc(C)cc1.CC(F)(F)F. The predicted octanol–water partition coefficient (Wildman–Crippen LogP) is 6.76. The number of halogens is 3. The predicted molar refractivity (Wildman–Crippen MR) is 146 cm³/mol. The van der Waals surface area contributed by atoms with Crippen LogP contribution in [0.25, 0.3) is 6.08 Å². The van der Waals surface area contributed by atoms with E-state index in [1.165, 1.54) is 36.1 Å². The lowest BCUT2D eigenvalue weighted by molar-refractivity contribution is -0.110. The van der Waals surface area contributed by atoms with Gasteiger partial charge in [0.05, 0.1) is 13.2 Å². The molecule has 2 saturated heterocycles. The van der Waals surface area contributed by atoms with Crippen molar-refractivity contribution in [3.63, 3.8) is 0 Å². The maximum atomic E-state index is 10.4. The van der Waals surface area contributed by atoms with Gasteiger partial charge in [-0.3, -0.25) is 9.80 Å². The lowest BCUT2D eigenvalue weighted by atomic mass is 9.85. The summed E-state index contributed by atoms with van der Waals surface area (Å²) in [5, 5.41) is 0. The van der Waals surface area contributed by atoms with Crippen molar-refractivity contribution in [1.29, 1.82) is 0 Å². The highest BCUT2D eigenvalue weighted by Gasteiger charge is 2.26. The number of hydrogen-bond acceptors (Lipinski definition) is 3. The van der Waals surface area contributed by atoms with Gasteiger partial charge in [0.1, 0.15) is 0 Å². The molecule has 0 radical (unpaired) electrons. The van der Waals surface area contributed by atoms with Gasteiger partial charge in [0.15, 0.2) is 0 Å². The molecule has 0 amide bonds. The maximum absolute atomic E-state index is 10.4. The van der Waals surface area contributed by atoms with E-state index in [-0.39, 0.29) is 6.92 Å². The molecular formula is C30H43F3N2O. The Kier molecular flexibility index (Phi) is 14.5. The summed E-state index contributed by atoms with van der Waals surface area (Å²) >= 11 is 0. The average molecular weight is 505 g/mol. The van der Waals surface area contributed by atoms with E-state index < -0.39 is 6.18 Å². The fraction of sp³-hybridized carbons (Fsp3) is 0.533. The van der Waals surface area contributed by atoms with E-state index in [4.69, 9.17) is 11.2 Å². The van der Waals surface area contributed by atoms with E-state index in [2.05, 4.69) is 73.1 Å². The number of alkyl halides is 3. The fourth-order valence-electron chi connectivity index (χ4n) is 4.12. The number of piperidine rings is 1. The van der Waals surface area contributed by atoms with Gasteiger partial charge in [-0.2, -0.15) is 13.2 Å². The van der Waals surface area contributed by atoms with Gasteiger partial charge in [0.2, 0.25) is 0 Å². The molecule has 3 nitrogen and oxygen atoms in total. The minimum atomic E-state index is -4.00. The van der Waals surface area contributed by atoms with E-state index in [0.717, 1.165) is 45.0 Å². The molecule has 2 atom stereocenters. The van der Waals surface area contributed by atoms with Gasteiger partial charge >= 0.3 is 6.18 Å². The Morgan fingerprint density at radius 3 is 2.25 bits per heavy atom. The van der Waals surface area contributed by atoms with E-state index in [1.54, 1.807) is 0 Å². The minimum Gasteiger partial charge on any atom is -0.379 e. The quantitative estimate of drug-likeness (QED) is 0.314. The second-order valence-corrected chi connectivity index (χ2v) is 9.50. The Morgan fingerprint density at radius 2 is 1.75 bits per heavy atom. The number of benzene rings is 1. The smallest absolute Gasteiger partial charge is 0.379 e. The van der Waals surface area contributed by atoms with Crippen LogP contribution in [0.1, 0.15) is 44.7 Å². The molecule has 2 fully saturated rings. The Balaban J connectivity index is 0.000000379. The van der Waals surface area contributed by atoms with Gasteiger partial charge in [0, 0.05) is 39.1 Å². The topological polar surface area (TPSA) is 15.7 Å². The maximum Gasteiger partial charge on any atom is 0.386 e. The highest BCUT2D eigenvalue weighted by atomic mass is 19.4. The Morgan fingerprint density at radius 1 is 1.17 bits per heavy atom. The molecule has 1 aromatic carbocycles. The van der Waals surface area contributed by atoms with Crippen molar-refractivity contribution in [2.45, 2.75) is 52.8 Å². The van der Waals surface area contributed by atoms with Gasteiger partial charge < -0.3 is 4.74 Å². The normalized spacial score (nSPS) is 21.2. The zero-order valence-electron chi connectivity index (χ0n) is 22.4. The van der Waals surface area contributed by atoms with Gasteiger partial charge in [-0.25, -0.2) is 0 Å². The van der Waals surface area contributed by atoms with Gasteiger partial charge in [-0.15, -0.1) is 6.42 Å². The number of morpholine rings is 1. The summed E-state index contributed by atoms with van der Waals surface area (Å²) in [7, 11) is 0. The van der Waals surface area contributed by atoms with Crippen molar-refractivity contribution in [2.75, 3.05) is 45.9 Å². The lowest BCUT2D eigenvalue weighted by Gasteiger charge is -2.39. The monoisotopic (exact) mass is 504 g/mol. The first-order valence-electron chi connectivity index (χ1n) is 12.6. The van der Waals surface area contributed by atoms with Crippen LogP contribution in [-0.4, -0.2) is 68.0 Å². The standard InChI is InChI=1S/C19H30N2O.C9H10.C2H3F3/c1-5-16(2)14-17(3)19-6-7-21(18(4)15-19)9-8-20-10-12-22-13-11-20;1-3-9-6-4-8(2)5-7-9;1-2(3,4)5/h1,14,18-19H,3,6-13,15H2,2,4H3;3-7H,1H2,2H3;1H3/b16-14-;;. The van der Waals surface area contributed by atoms with Crippen LogP contribution in [0, 0.1) is 25.2 Å². The van der Waals surface area contributed by atoms with Crippen LogP contribution in [0.5, 0.6) is 0 Å². The number of ether oxygens (including phenoxy) is 1. The molecule has 2 unspecified atom stereocenters. The molecule has 0 bridgehead atoms. The van der Waals surface area contributed by atoms with E-state index in [0.29, 0.717) is 12.0 Å². The molecule has 6 heteroatoms. The van der Waals surface area contributed by atoms with Crippen LogP contribution in [0.4, 0.5) is 13.2 Å². The number of terminal acetylenes is 1. The number of nitrogens with zero attached hydrogens (tertiary/aromatic N) is 2. The summed E-state index contributed by atoms with van der Waals surface area (Å²) < 4.78 is 36.5. The third kappa shape index (κ3) is 14.3. The molecule has 0 aliphatic carbocycles. The summed E-state index contributed by atoms with van der Waals surface area (Å²) in [6.07, 6.45) is 7.75. The van der Waals surface area contributed by atoms with Crippen molar-refractivity contribution < 1.29 is 17.9 Å². The van der Waals surface area contributed by atoms with Crippen LogP contribution >= 0.6 is 0 Å². The first-order valence-corrected chi connectivity index (χ1v) is 12.6. The second-order valence-electron chi connectivity index (χ2n) is 9.50. The number of allylic oxidation sites excluding steroid dienone is 3. The van der Waals surface area contributed by atoms with E-state index in [9.17, 15) is 13.2 Å². The average Bonchev–Trinajstić information content (AvgIpc) is 2.83. The van der Waals surface area contributed by atoms with Gasteiger partial charge in [-0.1, -0.05) is 60.6 Å². The third-order valence-electron chi connectivity index (χ3n) is 6.29. The Bertz CT molecular complexity index is 856. The summed E-state index contributed by atoms with van der Waals surface area (Å²) in [4.78, 5) is 5.14. The number of aryl methyl sites for hydroxylation is 1. The highest BCUT2D eigenvalue weighted by Crippen LogP contribution is 2.29. The Hall–Kier alpha value is -2.33. The number of rotatable bonds is 6. The zero-order valence-corrected chi connectivity index (χ0v) is 22.4. The summed E-state index contributed by atoms with van der Waals surface area (Å²) in [5.74, 6) is 3.27. The summed E-state index contributed by atoms with van der Waals surface area (Å²) in [6, 6.07) is 8.90. The molecule has 0 saturated carbocycles. The fourth-order valence-corrected chi connectivity index (χ4v) is 4.12. The first-order chi connectivity index (χ1) is 16.9. The van der Waals surface area contributed by atoms with E-state index >= 15 is 0 Å². The van der Waals surface area contributed by atoms with Crippen LogP contribution in [0.15, 0.2) is 54.6 Å². The molecule has 2 aliphatic rings. The second kappa shape index (κ2) is 16.4. The number of likely N-dealkylation sites (tertiary alicyclic amines) is 1. The molecule has 2 heterocycles. The molecule has 200 valence electrons. The molecule has 0 aromatic heterocycles. The summed E-state index contributed by atoms with van der Waals surface area (Å²) in [6.45, 7) is 21.9. The zero-order chi connectivity index (χ0) is 27.1. The van der Waals surface area contributed by atoms with Gasteiger partial charge in [-0.05, 0) is 63.3 Å². The molecule has 36 heavy (non-hydrogen) atoms. The molecule has 2 aliphatic heterocycles. The minimum absolute atomic E-state index is 0.188.